The number of hydrogen-bond acceptors (Lipinski definition) is 5. The Balaban J connectivity index is 2.48. The van der Waals surface area contributed by atoms with Gasteiger partial charge in [-0.1, -0.05) is 12.2 Å². The van der Waals surface area contributed by atoms with Crippen LogP contribution in [0.15, 0.2) is 6.20 Å². The molecular formula is C12H18N4OS. The first-order valence-corrected chi connectivity index (χ1v) is 6.31. The number of morpholine rings is 1. The molecule has 0 spiro atoms. The quantitative estimate of drug-likeness (QED) is 0.807. The van der Waals surface area contributed by atoms with Crippen molar-refractivity contribution >= 4 is 23.0 Å². The fraction of sp³-hybridized carbons (Fsp3) is 0.583. The minimum atomic E-state index is -0.126. The molecule has 1 aliphatic rings. The fourth-order valence-corrected chi connectivity index (χ4v) is 2.23. The van der Waals surface area contributed by atoms with E-state index in [0.717, 1.165) is 17.9 Å². The Morgan fingerprint density at radius 1 is 1.56 bits per heavy atom. The molecule has 2 N–H and O–H groups in total. The van der Waals surface area contributed by atoms with Crippen LogP contribution in [-0.2, 0) is 4.74 Å². The van der Waals surface area contributed by atoms with Crippen LogP contribution in [0.25, 0.3) is 0 Å². The van der Waals surface area contributed by atoms with Crippen LogP contribution < -0.4 is 10.6 Å². The topological polar surface area (TPSA) is 64.3 Å². The van der Waals surface area contributed by atoms with Crippen LogP contribution in [0.5, 0.6) is 0 Å². The van der Waals surface area contributed by atoms with Crippen molar-refractivity contribution < 1.29 is 4.74 Å². The largest absolute Gasteiger partial charge is 0.389 e. The van der Waals surface area contributed by atoms with Gasteiger partial charge >= 0.3 is 0 Å². The van der Waals surface area contributed by atoms with E-state index in [9.17, 15) is 0 Å². The summed E-state index contributed by atoms with van der Waals surface area (Å²) in [5.74, 6) is 1.52. The molecule has 1 aromatic heterocycles. The van der Waals surface area contributed by atoms with Crippen molar-refractivity contribution in [3.05, 3.63) is 17.6 Å². The van der Waals surface area contributed by atoms with E-state index >= 15 is 0 Å². The van der Waals surface area contributed by atoms with E-state index in [1.54, 1.807) is 6.20 Å². The van der Waals surface area contributed by atoms with Gasteiger partial charge in [-0.05, 0) is 20.8 Å². The summed E-state index contributed by atoms with van der Waals surface area (Å²) < 4.78 is 5.52. The van der Waals surface area contributed by atoms with E-state index < -0.39 is 0 Å². The van der Waals surface area contributed by atoms with Crippen LogP contribution in [0.3, 0.4) is 0 Å². The van der Waals surface area contributed by atoms with Crippen molar-refractivity contribution in [2.75, 3.05) is 24.7 Å². The molecule has 0 bridgehead atoms. The van der Waals surface area contributed by atoms with Gasteiger partial charge < -0.3 is 15.4 Å². The predicted molar refractivity (Wildman–Crippen MR) is 74.9 cm³/mol. The molecule has 0 unspecified atom stereocenters. The lowest BCUT2D eigenvalue weighted by Crippen LogP contribution is -2.54. The van der Waals surface area contributed by atoms with E-state index in [1.165, 1.54) is 0 Å². The predicted octanol–water partition coefficient (Wildman–Crippen LogP) is 1.03. The molecule has 1 aliphatic heterocycles. The van der Waals surface area contributed by atoms with Gasteiger partial charge in [-0.2, -0.15) is 0 Å². The monoisotopic (exact) mass is 266 g/mol. The number of anilines is 1. The Morgan fingerprint density at radius 2 is 2.28 bits per heavy atom. The highest BCUT2D eigenvalue weighted by atomic mass is 32.1. The van der Waals surface area contributed by atoms with Crippen LogP contribution in [0.2, 0.25) is 0 Å². The SMILES string of the molecule is Cc1ncc(C(N)=S)c(N2CCOCC2(C)C)n1. The van der Waals surface area contributed by atoms with Gasteiger partial charge in [0.2, 0.25) is 0 Å². The first-order valence-electron chi connectivity index (χ1n) is 5.90. The number of rotatable bonds is 2. The highest BCUT2D eigenvalue weighted by molar-refractivity contribution is 7.80. The van der Waals surface area contributed by atoms with Gasteiger partial charge in [-0.15, -0.1) is 0 Å². The molecule has 5 nitrogen and oxygen atoms in total. The number of nitrogens with zero attached hydrogens (tertiary/aromatic N) is 3. The summed E-state index contributed by atoms with van der Waals surface area (Å²) in [6, 6.07) is 0. The molecule has 6 heteroatoms. The van der Waals surface area contributed by atoms with Gasteiger partial charge in [0.15, 0.2) is 0 Å². The molecule has 0 aromatic carbocycles. The molecule has 0 aliphatic carbocycles. The van der Waals surface area contributed by atoms with Gasteiger partial charge in [-0.3, -0.25) is 0 Å². The molecule has 0 saturated carbocycles. The number of aromatic nitrogens is 2. The van der Waals surface area contributed by atoms with Gasteiger partial charge in [0.25, 0.3) is 0 Å². The maximum absolute atomic E-state index is 5.75. The molecule has 1 fully saturated rings. The zero-order valence-electron chi connectivity index (χ0n) is 10.9. The zero-order valence-corrected chi connectivity index (χ0v) is 11.8. The second kappa shape index (κ2) is 4.78. The second-order valence-corrected chi connectivity index (χ2v) is 5.48. The van der Waals surface area contributed by atoms with Crippen LogP contribution in [0.4, 0.5) is 5.82 Å². The summed E-state index contributed by atoms with van der Waals surface area (Å²) in [7, 11) is 0. The van der Waals surface area contributed by atoms with Crippen molar-refractivity contribution in [2.24, 2.45) is 5.73 Å². The Morgan fingerprint density at radius 3 is 2.89 bits per heavy atom. The van der Waals surface area contributed by atoms with E-state index in [1.807, 2.05) is 6.92 Å². The fourth-order valence-electron chi connectivity index (χ4n) is 2.09. The highest BCUT2D eigenvalue weighted by Crippen LogP contribution is 2.28. The average molecular weight is 266 g/mol. The summed E-state index contributed by atoms with van der Waals surface area (Å²) in [5.41, 5.74) is 6.35. The lowest BCUT2D eigenvalue weighted by molar-refractivity contribution is 0.0638. The third-order valence-electron chi connectivity index (χ3n) is 3.06. The number of nitrogens with two attached hydrogens (primary N) is 1. The molecule has 18 heavy (non-hydrogen) atoms. The van der Waals surface area contributed by atoms with Crippen LogP contribution in [-0.4, -0.2) is 40.3 Å². The van der Waals surface area contributed by atoms with Crippen molar-refractivity contribution in [1.29, 1.82) is 0 Å². The number of aryl methyl sites for hydroxylation is 1. The van der Waals surface area contributed by atoms with Crippen molar-refractivity contribution in [1.82, 2.24) is 9.97 Å². The van der Waals surface area contributed by atoms with E-state index in [2.05, 4.69) is 28.7 Å². The molecular weight excluding hydrogens is 248 g/mol. The van der Waals surface area contributed by atoms with Gasteiger partial charge in [0, 0.05) is 12.7 Å². The molecule has 0 amide bonds. The van der Waals surface area contributed by atoms with E-state index in [4.69, 9.17) is 22.7 Å². The second-order valence-electron chi connectivity index (χ2n) is 5.04. The third-order valence-corrected chi connectivity index (χ3v) is 3.28. The molecule has 0 radical (unpaired) electrons. The highest BCUT2D eigenvalue weighted by Gasteiger charge is 2.33. The zero-order chi connectivity index (χ0) is 13.3. The van der Waals surface area contributed by atoms with E-state index in [-0.39, 0.29) is 5.54 Å². The van der Waals surface area contributed by atoms with Gasteiger partial charge in [0.1, 0.15) is 16.6 Å². The summed E-state index contributed by atoms with van der Waals surface area (Å²) in [6.45, 7) is 8.22. The van der Waals surface area contributed by atoms with Crippen molar-refractivity contribution in [2.45, 2.75) is 26.3 Å². The number of hydrogen-bond donors (Lipinski definition) is 1. The van der Waals surface area contributed by atoms with Crippen molar-refractivity contribution in [3.63, 3.8) is 0 Å². The number of thiocarbonyl (C=S) groups is 1. The van der Waals surface area contributed by atoms with Crippen molar-refractivity contribution in [3.8, 4) is 0 Å². The lowest BCUT2D eigenvalue weighted by Gasteiger charge is -2.43. The molecule has 0 atom stereocenters. The first kappa shape index (κ1) is 13.2. The number of ether oxygens (including phenoxy) is 1. The molecule has 1 saturated heterocycles. The standard InChI is InChI=1S/C12H18N4OS/c1-8-14-6-9(10(13)18)11(15-8)16-4-5-17-7-12(16,2)3/h6H,4-5,7H2,1-3H3,(H2,13,18). The third kappa shape index (κ3) is 2.44. The lowest BCUT2D eigenvalue weighted by atomic mass is 10.0. The minimum Gasteiger partial charge on any atom is -0.389 e. The van der Waals surface area contributed by atoms with Gasteiger partial charge in [-0.25, -0.2) is 9.97 Å². The Bertz CT molecular complexity index is 475. The molecule has 2 heterocycles. The minimum absolute atomic E-state index is 0.126. The van der Waals surface area contributed by atoms with Crippen LogP contribution in [0.1, 0.15) is 25.2 Å². The summed E-state index contributed by atoms with van der Waals surface area (Å²) >= 11 is 5.08. The smallest absolute Gasteiger partial charge is 0.143 e. The van der Waals surface area contributed by atoms with Crippen LogP contribution in [0, 0.1) is 6.92 Å². The molecule has 1 aromatic rings. The maximum Gasteiger partial charge on any atom is 0.143 e. The maximum atomic E-state index is 5.75. The Labute approximate surface area is 112 Å². The van der Waals surface area contributed by atoms with Gasteiger partial charge in [0.05, 0.1) is 24.3 Å². The summed E-state index contributed by atoms with van der Waals surface area (Å²) in [4.78, 5) is 11.2. The Kier molecular flexibility index (Phi) is 3.49. The summed E-state index contributed by atoms with van der Waals surface area (Å²) in [6.07, 6.45) is 1.70. The molecule has 2 rings (SSSR count). The normalized spacial score (nSPS) is 18.7. The average Bonchev–Trinajstić information content (AvgIpc) is 2.27. The Hall–Kier alpha value is -1.27. The molecule has 98 valence electrons. The van der Waals surface area contributed by atoms with Crippen LogP contribution >= 0.6 is 12.2 Å². The summed E-state index contributed by atoms with van der Waals surface area (Å²) in [5, 5.41) is 0. The first-order chi connectivity index (χ1) is 8.42. The van der Waals surface area contributed by atoms with E-state index in [0.29, 0.717) is 24.0 Å².